The fourth-order valence-corrected chi connectivity index (χ4v) is 1.98. The lowest BCUT2D eigenvalue weighted by molar-refractivity contribution is -0.476. The molecule has 0 rings (SSSR count). The molecule has 0 aliphatic rings. The van der Waals surface area contributed by atoms with Crippen LogP contribution in [0.5, 0.6) is 0 Å². The summed E-state index contributed by atoms with van der Waals surface area (Å²) < 4.78 is 61.1. The standard InChI is InChI=1S/C13H30N3.CHF3O3S/c1-7-9-11-16(12-10-8-2)13(14(3)4)15(5)6;2-1(3,4)8(5,6)7/h7-12H2,1-6H3;(H,5,6,7)/q+1;/p-1. The van der Waals surface area contributed by atoms with Crippen molar-refractivity contribution >= 4 is 16.1 Å². The lowest BCUT2D eigenvalue weighted by atomic mass is 10.2. The molecule has 0 amide bonds. The van der Waals surface area contributed by atoms with Crippen molar-refractivity contribution in [2.45, 2.75) is 45.0 Å². The van der Waals surface area contributed by atoms with E-state index in [-0.39, 0.29) is 0 Å². The number of alkyl halides is 3. The molecule has 146 valence electrons. The first-order chi connectivity index (χ1) is 10.8. The Morgan fingerprint density at radius 2 is 1.38 bits per heavy atom. The Kier molecular flexibility index (Phi) is 12.1. The van der Waals surface area contributed by atoms with E-state index in [0.717, 1.165) is 0 Å². The van der Waals surface area contributed by atoms with Crippen LogP contribution in [0.25, 0.3) is 0 Å². The van der Waals surface area contributed by atoms with Crippen LogP contribution in [0.3, 0.4) is 0 Å². The Bertz CT molecular complexity index is 465. The molecule has 0 atom stereocenters. The van der Waals surface area contributed by atoms with Crippen molar-refractivity contribution in [3.8, 4) is 0 Å². The van der Waals surface area contributed by atoms with Gasteiger partial charge in [0.05, 0.1) is 41.3 Å². The summed E-state index contributed by atoms with van der Waals surface area (Å²) in [7, 11) is 2.41. The van der Waals surface area contributed by atoms with Gasteiger partial charge in [-0.2, -0.15) is 13.2 Å². The van der Waals surface area contributed by atoms with Gasteiger partial charge >= 0.3 is 11.5 Å². The summed E-state index contributed by atoms with van der Waals surface area (Å²) in [5.74, 6) is 1.32. The number of rotatable bonds is 6. The number of unbranched alkanes of at least 4 members (excludes halogenated alkanes) is 2. The van der Waals surface area contributed by atoms with E-state index in [1.165, 1.54) is 44.7 Å². The summed E-state index contributed by atoms with van der Waals surface area (Å²) in [5.41, 5.74) is -5.65. The minimum absolute atomic E-state index is 1.17. The first-order valence-corrected chi connectivity index (χ1v) is 9.19. The third kappa shape index (κ3) is 10.7. The van der Waals surface area contributed by atoms with Gasteiger partial charge in [-0.05, 0) is 12.8 Å². The molecule has 0 aromatic rings. The first-order valence-electron chi connectivity index (χ1n) is 7.78. The van der Waals surface area contributed by atoms with E-state index in [1.807, 2.05) is 0 Å². The molecule has 0 N–H and O–H groups in total. The Hall–Kier alpha value is -1.03. The zero-order chi connectivity index (χ0) is 19.6. The molecule has 6 nitrogen and oxygen atoms in total. The number of hydrogen-bond acceptors (Lipinski definition) is 3. The van der Waals surface area contributed by atoms with Gasteiger partial charge in [-0.25, -0.2) is 8.42 Å². The fourth-order valence-electron chi connectivity index (χ4n) is 1.98. The molecule has 0 saturated heterocycles. The molecular weight excluding hydrogens is 347 g/mol. The number of hydrogen-bond donors (Lipinski definition) is 0. The van der Waals surface area contributed by atoms with Gasteiger partial charge in [-0.15, -0.1) is 0 Å². The molecule has 0 aromatic heterocycles. The average Bonchev–Trinajstić information content (AvgIpc) is 2.39. The summed E-state index contributed by atoms with van der Waals surface area (Å²) >= 11 is 0. The number of nitrogens with zero attached hydrogens (tertiary/aromatic N) is 3. The summed E-state index contributed by atoms with van der Waals surface area (Å²) in [6.07, 6.45) is 5.07. The van der Waals surface area contributed by atoms with Crippen molar-refractivity contribution in [1.82, 2.24) is 9.80 Å². The van der Waals surface area contributed by atoms with Gasteiger partial charge in [0.25, 0.3) is 0 Å². The van der Waals surface area contributed by atoms with Gasteiger partial charge in [0, 0.05) is 0 Å². The van der Waals surface area contributed by atoms with Gasteiger partial charge in [0.15, 0.2) is 10.1 Å². The van der Waals surface area contributed by atoms with Gasteiger partial charge < -0.3 is 4.55 Å². The highest BCUT2D eigenvalue weighted by molar-refractivity contribution is 7.86. The molecule has 0 aliphatic heterocycles. The van der Waals surface area contributed by atoms with Crippen molar-refractivity contribution < 1.29 is 30.7 Å². The number of halogens is 3. The van der Waals surface area contributed by atoms with Crippen LogP contribution in [0.4, 0.5) is 13.2 Å². The van der Waals surface area contributed by atoms with Crippen LogP contribution in [-0.4, -0.2) is 80.1 Å². The molecule has 0 bridgehead atoms. The predicted octanol–water partition coefficient (Wildman–Crippen LogP) is 2.13. The van der Waals surface area contributed by atoms with Crippen LogP contribution in [0.15, 0.2) is 0 Å². The van der Waals surface area contributed by atoms with Crippen molar-refractivity contribution in [3.63, 3.8) is 0 Å². The second-order valence-electron chi connectivity index (χ2n) is 5.68. The summed E-state index contributed by atoms with van der Waals surface area (Å²) in [5, 5.41) is 0. The van der Waals surface area contributed by atoms with E-state index < -0.39 is 15.6 Å². The Morgan fingerprint density at radius 3 is 1.54 bits per heavy atom. The first kappa shape index (κ1) is 25.2. The zero-order valence-corrected chi connectivity index (χ0v) is 16.2. The third-order valence-corrected chi connectivity index (χ3v) is 3.50. The summed E-state index contributed by atoms with van der Waals surface area (Å²) in [6, 6.07) is 0. The molecule has 0 heterocycles. The smallest absolute Gasteiger partial charge is 0.485 e. The van der Waals surface area contributed by atoms with Crippen LogP contribution >= 0.6 is 0 Å². The van der Waals surface area contributed by atoms with Crippen LogP contribution in [0.2, 0.25) is 0 Å². The molecule has 24 heavy (non-hydrogen) atoms. The Balaban J connectivity index is 0. The maximum atomic E-state index is 10.7. The van der Waals surface area contributed by atoms with E-state index in [2.05, 4.69) is 56.4 Å². The van der Waals surface area contributed by atoms with Crippen molar-refractivity contribution in [2.24, 2.45) is 0 Å². The molecule has 0 spiro atoms. The minimum atomic E-state index is -6.09. The fraction of sp³-hybridized carbons (Fsp3) is 0.929. The minimum Gasteiger partial charge on any atom is -0.741 e. The van der Waals surface area contributed by atoms with Crippen LogP contribution in [-0.2, 0) is 10.1 Å². The van der Waals surface area contributed by atoms with Gasteiger partial charge in [0.2, 0.25) is 0 Å². The molecule has 0 aliphatic carbocycles. The molecule has 0 aromatic carbocycles. The zero-order valence-electron chi connectivity index (χ0n) is 15.4. The summed E-state index contributed by atoms with van der Waals surface area (Å²) in [6.45, 7) is 6.84. The average molecular weight is 377 g/mol. The predicted molar refractivity (Wildman–Crippen MR) is 87.9 cm³/mol. The van der Waals surface area contributed by atoms with Crippen molar-refractivity contribution in [1.29, 1.82) is 0 Å². The largest absolute Gasteiger partial charge is 0.741 e. The highest BCUT2D eigenvalue weighted by Crippen LogP contribution is 2.20. The maximum absolute atomic E-state index is 10.7. The van der Waals surface area contributed by atoms with E-state index in [9.17, 15) is 13.2 Å². The van der Waals surface area contributed by atoms with Crippen molar-refractivity contribution in [3.05, 3.63) is 0 Å². The monoisotopic (exact) mass is 377 g/mol. The molecule has 0 fully saturated rings. The molecule has 0 unspecified atom stereocenters. The van der Waals surface area contributed by atoms with Gasteiger partial charge in [-0.3, -0.25) is 14.4 Å². The lowest BCUT2D eigenvalue weighted by Gasteiger charge is -2.24. The van der Waals surface area contributed by atoms with E-state index in [4.69, 9.17) is 13.0 Å². The second-order valence-corrected chi connectivity index (χ2v) is 7.05. The SMILES string of the molecule is CCCCN(CCCC)C(N(C)C)=[N+](C)C.O=S(=O)([O-])C(F)(F)F. The van der Waals surface area contributed by atoms with Gasteiger partial charge in [0.1, 0.15) is 0 Å². The van der Waals surface area contributed by atoms with Crippen molar-refractivity contribution in [2.75, 3.05) is 41.3 Å². The Labute approximate surface area is 143 Å². The Morgan fingerprint density at radius 1 is 1.04 bits per heavy atom. The molecule has 0 saturated carbocycles. The molecular formula is C14H30F3N3O3S. The second kappa shape index (κ2) is 11.5. The van der Waals surface area contributed by atoms with Crippen LogP contribution in [0.1, 0.15) is 39.5 Å². The van der Waals surface area contributed by atoms with E-state index in [0.29, 0.717) is 0 Å². The molecule has 0 radical (unpaired) electrons. The maximum Gasteiger partial charge on any atom is 0.485 e. The topological polar surface area (TPSA) is 66.7 Å². The quantitative estimate of drug-likeness (QED) is 0.233. The van der Waals surface area contributed by atoms with Crippen LogP contribution < -0.4 is 0 Å². The van der Waals surface area contributed by atoms with Crippen LogP contribution in [0, 0.1) is 0 Å². The number of guanidine groups is 1. The third-order valence-electron chi connectivity index (χ3n) is 2.93. The van der Waals surface area contributed by atoms with E-state index >= 15 is 0 Å². The normalized spacial score (nSPS) is 11.4. The van der Waals surface area contributed by atoms with E-state index in [1.54, 1.807) is 0 Å². The van der Waals surface area contributed by atoms with Gasteiger partial charge in [-0.1, -0.05) is 26.7 Å². The summed E-state index contributed by atoms with van der Waals surface area (Å²) in [4.78, 5) is 4.72. The molecule has 10 heteroatoms. The highest BCUT2D eigenvalue weighted by atomic mass is 32.2. The highest BCUT2D eigenvalue weighted by Gasteiger charge is 2.36. The lowest BCUT2D eigenvalue weighted by Crippen LogP contribution is -2.46.